The van der Waals surface area contributed by atoms with Gasteiger partial charge >= 0.3 is 6.09 Å². The van der Waals surface area contributed by atoms with E-state index >= 15 is 0 Å². The molecular formula is C16H20N2O2S. The Morgan fingerprint density at radius 2 is 2.05 bits per heavy atom. The molecule has 21 heavy (non-hydrogen) atoms. The van der Waals surface area contributed by atoms with E-state index in [0.717, 1.165) is 17.9 Å². The Kier molecular flexibility index (Phi) is 4.79. The predicted molar refractivity (Wildman–Crippen MR) is 84.8 cm³/mol. The van der Waals surface area contributed by atoms with Crippen molar-refractivity contribution in [2.45, 2.75) is 42.9 Å². The molecule has 1 aliphatic rings. The highest BCUT2D eigenvalue weighted by molar-refractivity contribution is 8.00. The van der Waals surface area contributed by atoms with Crippen LogP contribution < -0.4 is 0 Å². The normalized spacial score (nSPS) is 18.4. The second kappa shape index (κ2) is 6.40. The van der Waals surface area contributed by atoms with Gasteiger partial charge in [0.1, 0.15) is 5.60 Å². The number of ether oxygens (including phenoxy) is 1. The van der Waals surface area contributed by atoms with Gasteiger partial charge in [0.05, 0.1) is 6.57 Å². The molecule has 1 aromatic rings. The van der Waals surface area contributed by atoms with Gasteiger partial charge in [-0.3, -0.25) is 0 Å². The first kappa shape index (κ1) is 15.7. The molecule has 0 spiro atoms. The van der Waals surface area contributed by atoms with E-state index in [1.54, 1.807) is 16.7 Å². The molecule has 0 N–H and O–H groups in total. The molecule has 1 aliphatic heterocycles. The molecule has 4 nitrogen and oxygen atoms in total. The summed E-state index contributed by atoms with van der Waals surface area (Å²) in [5.41, 5.74) is 0.207. The maximum Gasteiger partial charge on any atom is 0.410 e. The first-order valence-corrected chi connectivity index (χ1v) is 7.87. The Morgan fingerprint density at radius 1 is 1.38 bits per heavy atom. The third-order valence-corrected chi connectivity index (χ3v) is 4.33. The average Bonchev–Trinajstić information content (AvgIpc) is 2.86. The van der Waals surface area contributed by atoms with Gasteiger partial charge in [-0.25, -0.2) is 9.64 Å². The first-order chi connectivity index (χ1) is 9.87. The third-order valence-electron chi connectivity index (χ3n) is 3.07. The van der Waals surface area contributed by atoms with Crippen LogP contribution in [0, 0.1) is 6.57 Å². The summed E-state index contributed by atoms with van der Waals surface area (Å²) in [6, 6.07) is 7.59. The van der Waals surface area contributed by atoms with Crippen molar-refractivity contribution >= 4 is 23.5 Å². The lowest BCUT2D eigenvalue weighted by Gasteiger charge is -2.24. The van der Waals surface area contributed by atoms with Crippen LogP contribution in [0.4, 0.5) is 10.5 Å². The number of amides is 1. The Hall–Kier alpha value is -1.67. The van der Waals surface area contributed by atoms with Gasteiger partial charge in [0.25, 0.3) is 0 Å². The molecule has 1 amide bonds. The van der Waals surface area contributed by atoms with Crippen molar-refractivity contribution in [3.63, 3.8) is 0 Å². The summed E-state index contributed by atoms with van der Waals surface area (Å²) < 4.78 is 5.39. The summed E-state index contributed by atoms with van der Waals surface area (Å²) in [5, 5.41) is 0.385. The Morgan fingerprint density at radius 3 is 2.62 bits per heavy atom. The molecule has 1 fully saturated rings. The number of benzene rings is 1. The maximum atomic E-state index is 12.0. The summed E-state index contributed by atoms with van der Waals surface area (Å²) in [7, 11) is 0. The van der Waals surface area contributed by atoms with Crippen molar-refractivity contribution < 1.29 is 9.53 Å². The molecule has 112 valence electrons. The summed E-state index contributed by atoms with van der Waals surface area (Å²) in [5.74, 6) is 0. The summed E-state index contributed by atoms with van der Waals surface area (Å²) in [4.78, 5) is 18.3. The van der Waals surface area contributed by atoms with Crippen LogP contribution in [-0.4, -0.2) is 34.9 Å². The minimum Gasteiger partial charge on any atom is -0.444 e. The quantitative estimate of drug-likeness (QED) is 0.762. The van der Waals surface area contributed by atoms with E-state index in [1.165, 1.54) is 0 Å². The fraction of sp³-hybridized carbons (Fsp3) is 0.500. The van der Waals surface area contributed by atoms with E-state index in [2.05, 4.69) is 4.85 Å². The Balaban J connectivity index is 1.87. The van der Waals surface area contributed by atoms with Crippen molar-refractivity contribution in [3.8, 4) is 0 Å². The van der Waals surface area contributed by atoms with E-state index in [9.17, 15) is 4.79 Å². The van der Waals surface area contributed by atoms with Gasteiger partial charge in [0.15, 0.2) is 5.69 Å². The fourth-order valence-corrected chi connectivity index (χ4v) is 3.26. The molecule has 2 rings (SSSR count). The lowest BCUT2D eigenvalue weighted by molar-refractivity contribution is 0.0295. The standard InChI is InChI=1S/C16H20N2O2S/c1-16(2,3)20-15(19)18-10-9-14(11-18)21-13-7-5-12(17-4)6-8-13/h5-8,14H,9-11H2,1-3H3/t14-/m1/s1. The van der Waals surface area contributed by atoms with E-state index in [0.29, 0.717) is 17.5 Å². The molecule has 0 aromatic heterocycles. The number of likely N-dealkylation sites (tertiary alicyclic amines) is 1. The van der Waals surface area contributed by atoms with E-state index in [4.69, 9.17) is 11.3 Å². The SMILES string of the molecule is [C-]#[N+]c1ccc(S[C@@H]2CCN(C(=O)OC(C)(C)C)C2)cc1. The maximum absolute atomic E-state index is 12.0. The van der Waals surface area contributed by atoms with Crippen LogP contribution in [0.25, 0.3) is 4.85 Å². The minimum atomic E-state index is -0.447. The van der Waals surface area contributed by atoms with Crippen molar-refractivity contribution in [2.24, 2.45) is 0 Å². The molecule has 1 aromatic carbocycles. The van der Waals surface area contributed by atoms with Crippen LogP contribution in [0.15, 0.2) is 29.2 Å². The molecule has 5 heteroatoms. The second-order valence-corrected chi connectivity index (χ2v) is 7.43. The molecule has 0 saturated carbocycles. The Bertz CT molecular complexity index is 543. The third kappa shape index (κ3) is 4.68. The lowest BCUT2D eigenvalue weighted by Crippen LogP contribution is -2.35. The van der Waals surface area contributed by atoms with Gasteiger partial charge in [0.2, 0.25) is 0 Å². The zero-order valence-corrected chi connectivity index (χ0v) is 13.4. The predicted octanol–water partition coefficient (Wildman–Crippen LogP) is 4.34. The summed E-state index contributed by atoms with van der Waals surface area (Å²) in [6.45, 7) is 14.0. The van der Waals surface area contributed by atoms with Crippen LogP contribution in [-0.2, 0) is 4.74 Å². The van der Waals surface area contributed by atoms with Gasteiger partial charge in [-0.2, -0.15) is 0 Å². The average molecular weight is 304 g/mol. The minimum absolute atomic E-state index is 0.228. The fourth-order valence-electron chi connectivity index (χ4n) is 2.11. The molecule has 1 atom stereocenters. The summed E-state index contributed by atoms with van der Waals surface area (Å²) in [6.07, 6.45) is 0.739. The van der Waals surface area contributed by atoms with Crippen LogP contribution in [0.1, 0.15) is 27.2 Å². The number of carbonyl (C=O) groups excluding carboxylic acids is 1. The van der Waals surface area contributed by atoms with Gasteiger partial charge in [-0.05, 0) is 27.2 Å². The van der Waals surface area contributed by atoms with E-state index in [1.807, 2.05) is 45.0 Å². The molecule has 0 bridgehead atoms. The number of rotatable bonds is 2. The molecule has 0 radical (unpaired) electrons. The van der Waals surface area contributed by atoms with E-state index in [-0.39, 0.29) is 6.09 Å². The van der Waals surface area contributed by atoms with E-state index < -0.39 is 5.60 Å². The number of hydrogen-bond acceptors (Lipinski definition) is 3. The van der Waals surface area contributed by atoms with Gasteiger partial charge < -0.3 is 9.64 Å². The zero-order valence-electron chi connectivity index (χ0n) is 12.6. The van der Waals surface area contributed by atoms with Gasteiger partial charge in [-0.1, -0.05) is 24.3 Å². The second-order valence-electron chi connectivity index (χ2n) is 6.06. The Labute approximate surface area is 130 Å². The van der Waals surface area contributed by atoms with Crippen LogP contribution >= 0.6 is 11.8 Å². The summed E-state index contributed by atoms with van der Waals surface area (Å²) >= 11 is 1.76. The first-order valence-electron chi connectivity index (χ1n) is 6.99. The lowest BCUT2D eigenvalue weighted by atomic mass is 10.2. The van der Waals surface area contributed by atoms with Gasteiger partial charge in [0, 0.05) is 23.2 Å². The zero-order chi connectivity index (χ0) is 15.5. The number of hydrogen-bond donors (Lipinski definition) is 0. The molecule has 1 saturated heterocycles. The van der Waals surface area contributed by atoms with Crippen molar-refractivity contribution in [1.82, 2.24) is 4.90 Å². The largest absolute Gasteiger partial charge is 0.444 e. The number of carbonyl (C=O) groups is 1. The van der Waals surface area contributed by atoms with Crippen LogP contribution in [0.5, 0.6) is 0 Å². The number of thioether (sulfide) groups is 1. The van der Waals surface area contributed by atoms with Crippen molar-refractivity contribution in [3.05, 3.63) is 35.7 Å². The highest BCUT2D eigenvalue weighted by Crippen LogP contribution is 2.31. The van der Waals surface area contributed by atoms with Gasteiger partial charge in [-0.15, -0.1) is 11.8 Å². The van der Waals surface area contributed by atoms with Crippen LogP contribution in [0.3, 0.4) is 0 Å². The highest BCUT2D eigenvalue weighted by Gasteiger charge is 2.30. The molecule has 1 heterocycles. The highest BCUT2D eigenvalue weighted by atomic mass is 32.2. The van der Waals surface area contributed by atoms with Crippen molar-refractivity contribution in [2.75, 3.05) is 13.1 Å². The van der Waals surface area contributed by atoms with Crippen LogP contribution in [0.2, 0.25) is 0 Å². The monoisotopic (exact) mass is 304 g/mol. The molecule has 0 unspecified atom stereocenters. The smallest absolute Gasteiger partial charge is 0.410 e. The van der Waals surface area contributed by atoms with Crippen molar-refractivity contribution in [1.29, 1.82) is 0 Å². The number of nitrogens with zero attached hydrogens (tertiary/aromatic N) is 2. The molecular weight excluding hydrogens is 284 g/mol. The topological polar surface area (TPSA) is 33.9 Å². The molecule has 0 aliphatic carbocycles.